The maximum atomic E-state index is 12.1. The molecule has 1 atom stereocenters. The summed E-state index contributed by atoms with van der Waals surface area (Å²) in [7, 11) is 0. The molecule has 2 nitrogen and oxygen atoms in total. The van der Waals surface area contributed by atoms with Gasteiger partial charge in [0.15, 0.2) is 5.78 Å². The number of Topliss-reactive ketones (excluding diaryl/α,β-unsaturated/α-hetero) is 1. The highest BCUT2D eigenvalue weighted by Gasteiger charge is 2.21. The van der Waals surface area contributed by atoms with Crippen LogP contribution in [-0.2, 0) is 0 Å². The molecule has 0 N–H and O–H groups in total. The standard InChI is InChI=1S/C17H25NO/c1-3-5-15-8-10-18(13-15)11-9-17(19)16-7-4-6-14(2)12-16/h4,6-7,12,15H,3,5,8-11,13H2,1-2H3. The number of benzene rings is 1. The average Bonchev–Trinajstić information content (AvgIpc) is 2.84. The third kappa shape index (κ3) is 4.17. The topological polar surface area (TPSA) is 20.3 Å². The minimum atomic E-state index is 0.280. The highest BCUT2D eigenvalue weighted by molar-refractivity contribution is 5.96. The first kappa shape index (κ1) is 14.3. The lowest BCUT2D eigenvalue weighted by molar-refractivity contribution is 0.0968. The van der Waals surface area contributed by atoms with Crippen LogP contribution in [0.5, 0.6) is 0 Å². The van der Waals surface area contributed by atoms with E-state index in [4.69, 9.17) is 0 Å². The minimum absolute atomic E-state index is 0.280. The van der Waals surface area contributed by atoms with Crippen LogP contribution in [-0.4, -0.2) is 30.3 Å². The summed E-state index contributed by atoms with van der Waals surface area (Å²) in [5, 5.41) is 0. The van der Waals surface area contributed by atoms with Gasteiger partial charge in [-0.1, -0.05) is 37.1 Å². The van der Waals surface area contributed by atoms with Crippen molar-refractivity contribution in [1.29, 1.82) is 0 Å². The summed E-state index contributed by atoms with van der Waals surface area (Å²) in [4.78, 5) is 14.6. The number of hydrogen-bond acceptors (Lipinski definition) is 2. The van der Waals surface area contributed by atoms with Gasteiger partial charge in [-0.3, -0.25) is 4.79 Å². The van der Waals surface area contributed by atoms with E-state index in [1.165, 1.54) is 32.4 Å². The van der Waals surface area contributed by atoms with Gasteiger partial charge in [-0.05, 0) is 38.3 Å². The van der Waals surface area contributed by atoms with Crippen molar-refractivity contribution in [3.05, 3.63) is 35.4 Å². The van der Waals surface area contributed by atoms with E-state index in [-0.39, 0.29) is 5.78 Å². The van der Waals surface area contributed by atoms with E-state index < -0.39 is 0 Å². The van der Waals surface area contributed by atoms with Crippen molar-refractivity contribution in [1.82, 2.24) is 4.90 Å². The zero-order chi connectivity index (χ0) is 13.7. The third-order valence-corrected chi connectivity index (χ3v) is 4.06. The molecule has 1 fully saturated rings. The van der Waals surface area contributed by atoms with Gasteiger partial charge in [-0.15, -0.1) is 0 Å². The van der Waals surface area contributed by atoms with Gasteiger partial charge >= 0.3 is 0 Å². The maximum absolute atomic E-state index is 12.1. The molecule has 1 aromatic rings. The Bertz CT molecular complexity index is 427. The molecule has 0 radical (unpaired) electrons. The van der Waals surface area contributed by atoms with Crippen LogP contribution in [0.4, 0.5) is 0 Å². The van der Waals surface area contributed by atoms with Gasteiger partial charge in [0.05, 0.1) is 0 Å². The number of ketones is 1. The van der Waals surface area contributed by atoms with Crippen LogP contribution >= 0.6 is 0 Å². The van der Waals surface area contributed by atoms with Crippen LogP contribution in [0.25, 0.3) is 0 Å². The number of likely N-dealkylation sites (tertiary alicyclic amines) is 1. The quantitative estimate of drug-likeness (QED) is 0.726. The highest BCUT2D eigenvalue weighted by atomic mass is 16.1. The van der Waals surface area contributed by atoms with Gasteiger partial charge in [0.1, 0.15) is 0 Å². The Morgan fingerprint density at radius 1 is 1.42 bits per heavy atom. The average molecular weight is 259 g/mol. The van der Waals surface area contributed by atoms with Gasteiger partial charge < -0.3 is 4.90 Å². The van der Waals surface area contributed by atoms with Crippen molar-refractivity contribution in [2.45, 2.75) is 39.5 Å². The number of carbonyl (C=O) groups excluding carboxylic acids is 1. The monoisotopic (exact) mass is 259 g/mol. The summed E-state index contributed by atoms with van der Waals surface area (Å²) < 4.78 is 0. The maximum Gasteiger partial charge on any atom is 0.164 e. The molecule has 1 aliphatic rings. The summed E-state index contributed by atoms with van der Waals surface area (Å²) in [6.45, 7) is 7.57. The number of carbonyl (C=O) groups is 1. The zero-order valence-electron chi connectivity index (χ0n) is 12.2. The van der Waals surface area contributed by atoms with Gasteiger partial charge in [0, 0.05) is 25.1 Å². The third-order valence-electron chi connectivity index (χ3n) is 4.06. The summed E-state index contributed by atoms with van der Waals surface area (Å²) >= 11 is 0. The molecular formula is C17H25NO. The first-order chi connectivity index (χ1) is 9.19. The van der Waals surface area contributed by atoms with Crippen LogP contribution in [0.2, 0.25) is 0 Å². The number of rotatable bonds is 6. The Kier molecular flexibility index (Phi) is 5.15. The first-order valence-corrected chi connectivity index (χ1v) is 7.51. The van der Waals surface area contributed by atoms with Crippen LogP contribution in [0.15, 0.2) is 24.3 Å². The molecule has 0 spiro atoms. The molecule has 1 aromatic carbocycles. The second-order valence-electron chi connectivity index (χ2n) is 5.79. The zero-order valence-corrected chi connectivity index (χ0v) is 12.2. The van der Waals surface area contributed by atoms with E-state index in [2.05, 4.69) is 11.8 Å². The lowest BCUT2D eigenvalue weighted by Crippen LogP contribution is -2.24. The molecule has 2 heteroatoms. The molecule has 1 aliphatic heterocycles. The Hall–Kier alpha value is -1.15. The van der Waals surface area contributed by atoms with E-state index in [1.54, 1.807) is 0 Å². The second kappa shape index (κ2) is 6.85. The number of hydrogen-bond donors (Lipinski definition) is 0. The largest absolute Gasteiger partial charge is 0.303 e. The van der Waals surface area contributed by atoms with Crippen LogP contribution in [0, 0.1) is 12.8 Å². The van der Waals surface area contributed by atoms with Gasteiger partial charge in [0.2, 0.25) is 0 Å². The van der Waals surface area contributed by atoms with E-state index in [9.17, 15) is 4.79 Å². The Balaban J connectivity index is 1.78. The lowest BCUT2D eigenvalue weighted by atomic mass is 10.0. The predicted molar refractivity (Wildman–Crippen MR) is 79.6 cm³/mol. The van der Waals surface area contributed by atoms with Crippen LogP contribution in [0.1, 0.15) is 48.5 Å². The minimum Gasteiger partial charge on any atom is -0.303 e. The van der Waals surface area contributed by atoms with Crippen molar-refractivity contribution in [2.75, 3.05) is 19.6 Å². The Labute approximate surface area is 116 Å². The van der Waals surface area contributed by atoms with Gasteiger partial charge in [-0.2, -0.15) is 0 Å². The van der Waals surface area contributed by atoms with Crippen molar-refractivity contribution in [3.8, 4) is 0 Å². The molecule has 19 heavy (non-hydrogen) atoms. The fourth-order valence-electron chi connectivity index (χ4n) is 2.98. The molecule has 0 amide bonds. The van der Waals surface area contributed by atoms with Crippen molar-refractivity contribution in [3.63, 3.8) is 0 Å². The lowest BCUT2D eigenvalue weighted by Gasteiger charge is -2.15. The van der Waals surface area contributed by atoms with Gasteiger partial charge in [-0.25, -0.2) is 0 Å². The molecule has 1 saturated heterocycles. The summed E-state index contributed by atoms with van der Waals surface area (Å²) in [6, 6.07) is 7.92. The summed E-state index contributed by atoms with van der Waals surface area (Å²) in [6.07, 6.45) is 4.58. The van der Waals surface area contributed by atoms with E-state index in [0.717, 1.165) is 23.6 Å². The fourth-order valence-corrected chi connectivity index (χ4v) is 2.98. The van der Waals surface area contributed by atoms with Crippen LogP contribution < -0.4 is 0 Å². The highest BCUT2D eigenvalue weighted by Crippen LogP contribution is 2.21. The second-order valence-corrected chi connectivity index (χ2v) is 5.79. The van der Waals surface area contributed by atoms with Crippen LogP contribution in [0.3, 0.4) is 0 Å². The van der Waals surface area contributed by atoms with Crippen molar-refractivity contribution >= 4 is 5.78 Å². The SMILES string of the molecule is CCCC1CCN(CCC(=O)c2cccc(C)c2)C1. The number of aryl methyl sites for hydroxylation is 1. The van der Waals surface area contributed by atoms with E-state index in [1.807, 2.05) is 31.2 Å². The van der Waals surface area contributed by atoms with E-state index >= 15 is 0 Å². The molecule has 2 rings (SSSR count). The van der Waals surface area contributed by atoms with Crippen molar-refractivity contribution < 1.29 is 4.79 Å². The number of nitrogens with zero attached hydrogens (tertiary/aromatic N) is 1. The molecular weight excluding hydrogens is 234 g/mol. The first-order valence-electron chi connectivity index (χ1n) is 7.51. The Morgan fingerprint density at radius 2 is 2.26 bits per heavy atom. The molecule has 0 saturated carbocycles. The predicted octanol–water partition coefficient (Wildman–Crippen LogP) is 3.69. The Morgan fingerprint density at radius 3 is 3.00 bits per heavy atom. The molecule has 1 unspecified atom stereocenters. The van der Waals surface area contributed by atoms with Crippen molar-refractivity contribution in [2.24, 2.45) is 5.92 Å². The summed E-state index contributed by atoms with van der Waals surface area (Å²) in [5.74, 6) is 1.14. The summed E-state index contributed by atoms with van der Waals surface area (Å²) in [5.41, 5.74) is 2.03. The molecule has 0 bridgehead atoms. The molecule has 0 aliphatic carbocycles. The molecule has 104 valence electrons. The normalized spacial score (nSPS) is 19.8. The van der Waals surface area contributed by atoms with E-state index in [0.29, 0.717) is 6.42 Å². The smallest absolute Gasteiger partial charge is 0.164 e. The molecule has 1 heterocycles. The molecule has 0 aromatic heterocycles. The van der Waals surface area contributed by atoms with Gasteiger partial charge in [0.25, 0.3) is 0 Å². The fraction of sp³-hybridized carbons (Fsp3) is 0.588.